The van der Waals surface area contributed by atoms with E-state index in [1.807, 2.05) is 19.9 Å². The molecule has 0 spiro atoms. The van der Waals surface area contributed by atoms with Crippen molar-refractivity contribution in [2.45, 2.75) is 13.8 Å². The minimum atomic E-state index is -0.434. The van der Waals surface area contributed by atoms with Crippen molar-refractivity contribution in [2.24, 2.45) is 0 Å². The number of hydrogen-bond donors (Lipinski definition) is 0. The Kier molecular flexibility index (Phi) is 6.24. The number of rotatable bonds is 2. The quantitative estimate of drug-likeness (QED) is 0.395. The Bertz CT molecular complexity index is 252. The molecular formula is C11H14O2. The lowest BCUT2D eigenvalue weighted by Crippen LogP contribution is -2.02. The summed E-state index contributed by atoms with van der Waals surface area (Å²) in [6.07, 6.45) is 1.13. The standard InChI is InChI=1S/C9H8O2.C2H6/c1-2-9(10)11-8-6-4-3-5-7-8;1-2/h2-7H,1H2;1-2H3. The third kappa shape index (κ3) is 4.80. The maximum Gasteiger partial charge on any atom is 0.335 e. The van der Waals surface area contributed by atoms with Crippen LogP contribution in [0, 0.1) is 0 Å². The first-order valence-corrected chi connectivity index (χ1v) is 4.22. The number of carbonyl (C=O) groups excluding carboxylic acids is 1. The van der Waals surface area contributed by atoms with Crippen LogP contribution in [-0.4, -0.2) is 5.97 Å². The summed E-state index contributed by atoms with van der Waals surface area (Å²) in [5, 5.41) is 0. The molecule has 0 atom stereocenters. The van der Waals surface area contributed by atoms with Gasteiger partial charge in [0.15, 0.2) is 0 Å². The number of para-hydroxylation sites is 1. The highest BCUT2D eigenvalue weighted by Crippen LogP contribution is 2.07. The lowest BCUT2D eigenvalue weighted by molar-refractivity contribution is -0.128. The smallest absolute Gasteiger partial charge is 0.335 e. The van der Waals surface area contributed by atoms with Gasteiger partial charge in [-0.15, -0.1) is 0 Å². The van der Waals surface area contributed by atoms with Crippen molar-refractivity contribution >= 4 is 5.97 Å². The van der Waals surface area contributed by atoms with Gasteiger partial charge in [-0.3, -0.25) is 0 Å². The third-order valence-corrected chi connectivity index (χ3v) is 1.13. The van der Waals surface area contributed by atoms with E-state index >= 15 is 0 Å². The Morgan fingerprint density at radius 3 is 2.31 bits per heavy atom. The topological polar surface area (TPSA) is 26.3 Å². The molecule has 0 heterocycles. The molecular weight excluding hydrogens is 164 g/mol. The molecule has 0 fully saturated rings. The monoisotopic (exact) mass is 178 g/mol. The van der Waals surface area contributed by atoms with E-state index < -0.39 is 5.97 Å². The second-order valence-electron chi connectivity index (χ2n) is 1.94. The van der Waals surface area contributed by atoms with Crippen LogP contribution in [0.3, 0.4) is 0 Å². The van der Waals surface area contributed by atoms with Gasteiger partial charge in [-0.2, -0.15) is 0 Å². The van der Waals surface area contributed by atoms with Crippen molar-refractivity contribution in [1.29, 1.82) is 0 Å². The average molecular weight is 178 g/mol. The van der Waals surface area contributed by atoms with E-state index in [1.54, 1.807) is 24.3 Å². The van der Waals surface area contributed by atoms with E-state index in [2.05, 4.69) is 6.58 Å². The zero-order chi connectivity index (χ0) is 10.1. The molecule has 70 valence electrons. The molecule has 1 aromatic rings. The van der Waals surface area contributed by atoms with Gasteiger partial charge < -0.3 is 4.74 Å². The molecule has 0 amide bonds. The first-order valence-electron chi connectivity index (χ1n) is 4.22. The Labute approximate surface area is 78.8 Å². The zero-order valence-corrected chi connectivity index (χ0v) is 7.99. The van der Waals surface area contributed by atoms with Gasteiger partial charge in [0, 0.05) is 6.08 Å². The summed E-state index contributed by atoms with van der Waals surface area (Å²) in [5.74, 6) is 0.105. The lowest BCUT2D eigenvalue weighted by Gasteiger charge is -1.98. The molecule has 2 nitrogen and oxygen atoms in total. The van der Waals surface area contributed by atoms with E-state index in [0.29, 0.717) is 5.75 Å². The van der Waals surface area contributed by atoms with Crippen molar-refractivity contribution in [3.63, 3.8) is 0 Å². The highest BCUT2D eigenvalue weighted by atomic mass is 16.5. The van der Waals surface area contributed by atoms with Crippen LogP contribution in [-0.2, 0) is 4.79 Å². The van der Waals surface area contributed by atoms with Crippen LogP contribution in [0.15, 0.2) is 43.0 Å². The van der Waals surface area contributed by atoms with Crippen LogP contribution in [0.5, 0.6) is 5.75 Å². The maximum atomic E-state index is 10.6. The molecule has 0 aromatic heterocycles. The van der Waals surface area contributed by atoms with Crippen LogP contribution in [0.25, 0.3) is 0 Å². The van der Waals surface area contributed by atoms with Gasteiger partial charge in [-0.05, 0) is 12.1 Å². The largest absolute Gasteiger partial charge is 0.423 e. The number of esters is 1. The summed E-state index contributed by atoms with van der Waals surface area (Å²) >= 11 is 0. The maximum absolute atomic E-state index is 10.6. The predicted octanol–water partition coefficient (Wildman–Crippen LogP) is 2.80. The van der Waals surface area contributed by atoms with Gasteiger partial charge in [0.1, 0.15) is 5.75 Å². The fourth-order valence-corrected chi connectivity index (χ4v) is 0.646. The van der Waals surface area contributed by atoms with E-state index in [0.717, 1.165) is 6.08 Å². The van der Waals surface area contributed by atoms with Crippen molar-refractivity contribution < 1.29 is 9.53 Å². The van der Waals surface area contributed by atoms with E-state index in [4.69, 9.17) is 4.74 Å². The van der Waals surface area contributed by atoms with Crippen LogP contribution in [0.4, 0.5) is 0 Å². The summed E-state index contributed by atoms with van der Waals surface area (Å²) in [5.41, 5.74) is 0. The predicted molar refractivity (Wildman–Crippen MR) is 53.6 cm³/mol. The van der Waals surface area contributed by atoms with E-state index in [-0.39, 0.29) is 0 Å². The number of carbonyl (C=O) groups is 1. The molecule has 13 heavy (non-hydrogen) atoms. The van der Waals surface area contributed by atoms with Crippen LogP contribution >= 0.6 is 0 Å². The Morgan fingerprint density at radius 1 is 1.31 bits per heavy atom. The van der Waals surface area contributed by atoms with Crippen molar-refractivity contribution in [2.75, 3.05) is 0 Å². The normalized spacial score (nSPS) is 7.85. The van der Waals surface area contributed by atoms with Gasteiger partial charge in [0.2, 0.25) is 0 Å². The highest BCUT2D eigenvalue weighted by molar-refractivity contribution is 5.83. The zero-order valence-electron chi connectivity index (χ0n) is 7.99. The summed E-state index contributed by atoms with van der Waals surface area (Å²) in [6, 6.07) is 8.87. The van der Waals surface area contributed by atoms with Gasteiger partial charge in [-0.25, -0.2) is 4.79 Å². The first kappa shape index (κ1) is 11.4. The molecule has 2 heteroatoms. The number of hydrogen-bond acceptors (Lipinski definition) is 2. The van der Waals surface area contributed by atoms with E-state index in [9.17, 15) is 4.79 Å². The molecule has 1 aromatic carbocycles. The summed E-state index contributed by atoms with van der Waals surface area (Å²) < 4.78 is 4.81. The van der Waals surface area contributed by atoms with Crippen LogP contribution in [0.2, 0.25) is 0 Å². The second-order valence-corrected chi connectivity index (χ2v) is 1.94. The molecule has 0 bridgehead atoms. The molecule has 0 aliphatic heterocycles. The van der Waals surface area contributed by atoms with Gasteiger partial charge in [0.25, 0.3) is 0 Å². The van der Waals surface area contributed by atoms with E-state index in [1.165, 1.54) is 0 Å². The second kappa shape index (κ2) is 7.10. The number of ether oxygens (including phenoxy) is 1. The Balaban J connectivity index is 0.000000671. The van der Waals surface area contributed by atoms with Gasteiger partial charge >= 0.3 is 5.97 Å². The molecule has 0 aliphatic rings. The molecule has 0 saturated carbocycles. The average Bonchev–Trinajstić information content (AvgIpc) is 2.22. The molecule has 0 unspecified atom stereocenters. The summed E-state index contributed by atoms with van der Waals surface area (Å²) in [7, 11) is 0. The van der Waals surface area contributed by atoms with Crippen LogP contribution in [0.1, 0.15) is 13.8 Å². The van der Waals surface area contributed by atoms with Crippen molar-refractivity contribution in [3.8, 4) is 5.75 Å². The minimum absolute atomic E-state index is 0.434. The number of benzene rings is 1. The van der Waals surface area contributed by atoms with Crippen LogP contribution < -0.4 is 4.74 Å². The first-order chi connectivity index (χ1) is 6.33. The fourth-order valence-electron chi connectivity index (χ4n) is 0.646. The summed E-state index contributed by atoms with van der Waals surface area (Å²) in [6.45, 7) is 7.28. The SMILES string of the molecule is C=CC(=O)Oc1ccccc1.CC. The highest BCUT2D eigenvalue weighted by Gasteiger charge is 1.95. The lowest BCUT2D eigenvalue weighted by atomic mass is 10.3. The van der Waals surface area contributed by atoms with Crippen molar-refractivity contribution in [1.82, 2.24) is 0 Å². The van der Waals surface area contributed by atoms with Gasteiger partial charge in [0.05, 0.1) is 0 Å². The van der Waals surface area contributed by atoms with Gasteiger partial charge in [-0.1, -0.05) is 38.6 Å². The summed E-state index contributed by atoms with van der Waals surface area (Å²) in [4.78, 5) is 10.6. The molecule has 0 aliphatic carbocycles. The minimum Gasteiger partial charge on any atom is -0.423 e. The molecule has 0 saturated heterocycles. The molecule has 0 N–H and O–H groups in total. The fraction of sp³-hybridized carbons (Fsp3) is 0.182. The Hall–Kier alpha value is -1.57. The third-order valence-electron chi connectivity index (χ3n) is 1.13. The molecule has 1 rings (SSSR count). The molecule has 0 radical (unpaired) electrons. The Morgan fingerprint density at radius 2 is 1.85 bits per heavy atom. The van der Waals surface area contributed by atoms with Crippen molar-refractivity contribution in [3.05, 3.63) is 43.0 Å².